The maximum absolute atomic E-state index is 12.6. The highest BCUT2D eigenvalue weighted by atomic mass is 16.2. The molecule has 0 atom stereocenters. The number of hydrogen-bond donors (Lipinski definition) is 0. The zero-order valence-electron chi connectivity index (χ0n) is 13.4. The van der Waals surface area contributed by atoms with Gasteiger partial charge in [0, 0.05) is 38.8 Å². The van der Waals surface area contributed by atoms with Crippen LogP contribution in [-0.2, 0) is 16.1 Å². The second-order valence-electron chi connectivity index (χ2n) is 5.60. The van der Waals surface area contributed by atoms with Crippen LogP contribution in [-0.4, -0.2) is 34.5 Å². The lowest BCUT2D eigenvalue weighted by Crippen LogP contribution is -2.39. The van der Waals surface area contributed by atoms with Crippen LogP contribution >= 0.6 is 0 Å². The van der Waals surface area contributed by atoms with Crippen molar-refractivity contribution < 1.29 is 9.59 Å². The minimum atomic E-state index is -0.166. The molecule has 1 aliphatic heterocycles. The fraction of sp³-hybridized carbons (Fsp3) is 0.222. The molecule has 0 unspecified atom stereocenters. The van der Waals surface area contributed by atoms with Crippen LogP contribution in [0.2, 0.25) is 0 Å². The quantitative estimate of drug-likeness (QED) is 0.867. The van der Waals surface area contributed by atoms with Crippen molar-refractivity contribution >= 4 is 23.2 Å². The summed E-state index contributed by atoms with van der Waals surface area (Å²) in [6.07, 6.45) is 4.04. The van der Waals surface area contributed by atoms with Gasteiger partial charge in [0.1, 0.15) is 5.71 Å². The Labute approximate surface area is 140 Å². The Morgan fingerprint density at radius 2 is 1.83 bits per heavy atom. The summed E-state index contributed by atoms with van der Waals surface area (Å²) in [4.78, 5) is 30.3. The van der Waals surface area contributed by atoms with Gasteiger partial charge in [-0.2, -0.15) is 5.10 Å². The highest BCUT2D eigenvalue weighted by Gasteiger charge is 2.27. The van der Waals surface area contributed by atoms with Gasteiger partial charge in [0.2, 0.25) is 5.91 Å². The van der Waals surface area contributed by atoms with Gasteiger partial charge in [-0.05, 0) is 29.8 Å². The SMILES string of the molecule is CN(Cc1ccncc1)C(=O)C1=NN(c2ccccc2)C(=O)CC1. The van der Waals surface area contributed by atoms with Gasteiger partial charge < -0.3 is 4.90 Å². The third-order valence-electron chi connectivity index (χ3n) is 3.80. The van der Waals surface area contributed by atoms with Gasteiger partial charge in [0.25, 0.3) is 5.91 Å². The molecule has 0 aliphatic carbocycles. The predicted molar refractivity (Wildman–Crippen MR) is 91.3 cm³/mol. The summed E-state index contributed by atoms with van der Waals surface area (Å²) in [5, 5.41) is 5.61. The van der Waals surface area contributed by atoms with Crippen LogP contribution in [0.4, 0.5) is 5.69 Å². The third-order valence-corrected chi connectivity index (χ3v) is 3.80. The van der Waals surface area contributed by atoms with Crippen LogP contribution in [0.1, 0.15) is 18.4 Å². The molecular weight excluding hydrogens is 304 g/mol. The molecule has 2 aromatic rings. The molecule has 2 amide bonds. The first kappa shape index (κ1) is 15.9. The van der Waals surface area contributed by atoms with Gasteiger partial charge in [-0.1, -0.05) is 18.2 Å². The highest BCUT2D eigenvalue weighted by Crippen LogP contribution is 2.20. The molecule has 0 saturated carbocycles. The number of carbonyl (C=O) groups excluding carboxylic acids is 2. The van der Waals surface area contributed by atoms with Gasteiger partial charge in [0.05, 0.1) is 5.69 Å². The second-order valence-corrected chi connectivity index (χ2v) is 5.60. The van der Waals surface area contributed by atoms with Gasteiger partial charge in [-0.3, -0.25) is 14.6 Å². The van der Waals surface area contributed by atoms with Crippen molar-refractivity contribution in [1.29, 1.82) is 0 Å². The highest BCUT2D eigenvalue weighted by molar-refractivity contribution is 6.40. The largest absolute Gasteiger partial charge is 0.336 e. The molecule has 0 N–H and O–H groups in total. The number of para-hydroxylation sites is 1. The summed E-state index contributed by atoms with van der Waals surface area (Å²) in [6.45, 7) is 0.472. The molecule has 0 fully saturated rings. The van der Waals surface area contributed by atoms with E-state index in [1.165, 1.54) is 5.01 Å². The minimum absolute atomic E-state index is 0.102. The zero-order chi connectivity index (χ0) is 16.9. The Hall–Kier alpha value is -3.02. The van der Waals surface area contributed by atoms with E-state index in [4.69, 9.17) is 0 Å². The molecule has 24 heavy (non-hydrogen) atoms. The summed E-state index contributed by atoms with van der Waals surface area (Å²) in [5.74, 6) is -0.269. The first-order valence-corrected chi connectivity index (χ1v) is 7.75. The Bertz CT molecular complexity index is 759. The fourth-order valence-electron chi connectivity index (χ4n) is 2.53. The lowest BCUT2D eigenvalue weighted by molar-refractivity contribution is -0.123. The smallest absolute Gasteiger partial charge is 0.270 e. The Kier molecular flexibility index (Phi) is 4.65. The van der Waals surface area contributed by atoms with E-state index in [1.54, 1.807) is 36.5 Å². The normalized spacial score (nSPS) is 14.3. The first-order valence-electron chi connectivity index (χ1n) is 7.75. The summed E-state index contributed by atoms with van der Waals surface area (Å²) >= 11 is 0. The van der Waals surface area contributed by atoms with Crippen LogP contribution in [0.25, 0.3) is 0 Å². The molecule has 1 aromatic heterocycles. The summed E-state index contributed by atoms with van der Waals surface area (Å²) < 4.78 is 0. The molecule has 0 bridgehead atoms. The van der Waals surface area contributed by atoms with Crippen molar-refractivity contribution in [3.63, 3.8) is 0 Å². The molecular formula is C18H18N4O2. The minimum Gasteiger partial charge on any atom is -0.336 e. The molecule has 1 aromatic carbocycles. The maximum atomic E-state index is 12.6. The van der Waals surface area contributed by atoms with E-state index in [9.17, 15) is 9.59 Å². The molecule has 0 spiro atoms. The van der Waals surface area contributed by atoms with E-state index in [-0.39, 0.29) is 18.2 Å². The number of hydrazone groups is 1. The van der Waals surface area contributed by atoms with Gasteiger partial charge in [-0.15, -0.1) is 0 Å². The van der Waals surface area contributed by atoms with Crippen molar-refractivity contribution in [2.24, 2.45) is 5.10 Å². The van der Waals surface area contributed by atoms with Gasteiger partial charge in [0.15, 0.2) is 0 Å². The monoisotopic (exact) mass is 322 g/mol. The average Bonchev–Trinajstić information content (AvgIpc) is 2.63. The van der Waals surface area contributed by atoms with Crippen molar-refractivity contribution in [2.75, 3.05) is 12.1 Å². The standard InChI is InChI=1S/C18H18N4O2/c1-21(13-14-9-11-19-12-10-14)18(24)16-7-8-17(23)22(20-16)15-5-3-2-4-6-15/h2-6,9-12H,7-8,13H2,1H3. The molecule has 1 aliphatic rings. The average molecular weight is 322 g/mol. The molecule has 122 valence electrons. The van der Waals surface area contributed by atoms with Crippen molar-refractivity contribution in [2.45, 2.75) is 19.4 Å². The second kappa shape index (κ2) is 7.04. The van der Waals surface area contributed by atoms with E-state index in [1.807, 2.05) is 30.3 Å². The topological polar surface area (TPSA) is 65.9 Å². The van der Waals surface area contributed by atoms with Crippen LogP contribution < -0.4 is 5.01 Å². The Morgan fingerprint density at radius 3 is 2.54 bits per heavy atom. The van der Waals surface area contributed by atoms with E-state index < -0.39 is 0 Å². The molecule has 3 rings (SSSR count). The molecule has 6 nitrogen and oxygen atoms in total. The molecule has 2 heterocycles. The number of hydrogen-bond acceptors (Lipinski definition) is 4. The number of amides is 2. The lowest BCUT2D eigenvalue weighted by Gasteiger charge is -2.25. The van der Waals surface area contributed by atoms with Crippen LogP contribution in [0, 0.1) is 0 Å². The number of nitrogens with zero attached hydrogens (tertiary/aromatic N) is 4. The van der Waals surface area contributed by atoms with E-state index >= 15 is 0 Å². The van der Waals surface area contributed by atoms with E-state index in [2.05, 4.69) is 10.1 Å². The zero-order valence-corrected chi connectivity index (χ0v) is 13.4. The number of benzene rings is 1. The van der Waals surface area contributed by atoms with Crippen molar-refractivity contribution in [1.82, 2.24) is 9.88 Å². The Balaban J connectivity index is 1.77. The summed E-state index contributed by atoms with van der Waals surface area (Å²) in [6, 6.07) is 12.9. The third kappa shape index (κ3) is 3.48. The molecule has 0 radical (unpaired) electrons. The first-order chi connectivity index (χ1) is 11.6. The maximum Gasteiger partial charge on any atom is 0.270 e. The number of carbonyl (C=O) groups is 2. The van der Waals surface area contributed by atoms with E-state index in [0.717, 1.165) is 5.56 Å². The molecule has 6 heteroatoms. The summed E-state index contributed by atoms with van der Waals surface area (Å²) in [5.41, 5.74) is 2.06. The number of anilines is 1. The summed E-state index contributed by atoms with van der Waals surface area (Å²) in [7, 11) is 1.73. The number of pyridine rings is 1. The number of aromatic nitrogens is 1. The Morgan fingerprint density at radius 1 is 1.12 bits per heavy atom. The molecule has 0 saturated heterocycles. The number of rotatable bonds is 4. The fourth-order valence-corrected chi connectivity index (χ4v) is 2.53. The van der Waals surface area contributed by atoms with Crippen molar-refractivity contribution in [3.8, 4) is 0 Å². The van der Waals surface area contributed by atoms with E-state index in [0.29, 0.717) is 24.4 Å². The van der Waals surface area contributed by atoms with Gasteiger partial charge in [-0.25, -0.2) is 5.01 Å². The van der Waals surface area contributed by atoms with Gasteiger partial charge >= 0.3 is 0 Å². The van der Waals surface area contributed by atoms with Crippen LogP contribution in [0.5, 0.6) is 0 Å². The van der Waals surface area contributed by atoms with Crippen molar-refractivity contribution in [3.05, 3.63) is 60.4 Å². The van der Waals surface area contributed by atoms with Crippen LogP contribution in [0.3, 0.4) is 0 Å². The van der Waals surface area contributed by atoms with Crippen LogP contribution in [0.15, 0.2) is 60.0 Å². The predicted octanol–water partition coefficient (Wildman–Crippen LogP) is 2.22. The lowest BCUT2D eigenvalue weighted by atomic mass is 10.1.